The molecule has 1 heterocycles. The average molecular weight is 349 g/mol. The van der Waals surface area contributed by atoms with Crippen LogP contribution in [-0.2, 0) is 14.3 Å². The number of hydrogen-bond acceptors (Lipinski definition) is 5. The Labute approximate surface area is 148 Å². The highest BCUT2D eigenvalue weighted by atomic mass is 16.5. The van der Waals surface area contributed by atoms with E-state index in [1.54, 1.807) is 14.1 Å². The summed E-state index contributed by atoms with van der Waals surface area (Å²) in [4.78, 5) is 25.7. The lowest BCUT2D eigenvalue weighted by molar-refractivity contribution is -0.135. The van der Waals surface area contributed by atoms with Gasteiger partial charge in [0.05, 0.1) is 12.6 Å². The van der Waals surface area contributed by atoms with Crippen molar-refractivity contribution in [1.82, 2.24) is 15.5 Å². The first-order chi connectivity index (χ1) is 12.0. The van der Waals surface area contributed by atoms with Crippen molar-refractivity contribution in [2.75, 3.05) is 40.4 Å². The minimum absolute atomic E-state index is 0.0376. The molecular weight excluding hydrogens is 322 g/mol. The Bertz CT molecular complexity index is 585. The molecule has 2 atom stereocenters. The Balaban J connectivity index is 2.06. The van der Waals surface area contributed by atoms with Gasteiger partial charge in [0.15, 0.2) is 6.61 Å². The summed E-state index contributed by atoms with van der Waals surface area (Å²) in [5, 5.41) is 6.17. The molecule has 1 aliphatic heterocycles. The molecular formula is C18H27N3O4. The maximum absolute atomic E-state index is 12.4. The van der Waals surface area contributed by atoms with Gasteiger partial charge in [0.2, 0.25) is 0 Å². The van der Waals surface area contributed by atoms with Gasteiger partial charge >= 0.3 is 0 Å². The van der Waals surface area contributed by atoms with Crippen molar-refractivity contribution in [3.05, 3.63) is 29.8 Å². The number of benzene rings is 1. The fourth-order valence-electron chi connectivity index (χ4n) is 2.57. The molecule has 0 aliphatic carbocycles. The van der Waals surface area contributed by atoms with Crippen LogP contribution in [0.4, 0.5) is 0 Å². The van der Waals surface area contributed by atoms with Crippen molar-refractivity contribution >= 4 is 11.8 Å². The molecule has 0 spiro atoms. The van der Waals surface area contributed by atoms with E-state index in [1.165, 1.54) is 4.90 Å². The molecule has 2 amide bonds. The van der Waals surface area contributed by atoms with Gasteiger partial charge in [-0.05, 0) is 12.5 Å². The number of hydrogen-bond donors (Lipinski definition) is 2. The van der Waals surface area contributed by atoms with Crippen LogP contribution in [0.1, 0.15) is 24.9 Å². The van der Waals surface area contributed by atoms with Gasteiger partial charge in [0.1, 0.15) is 11.9 Å². The molecule has 7 nitrogen and oxygen atoms in total. The van der Waals surface area contributed by atoms with E-state index in [0.29, 0.717) is 25.3 Å². The highest BCUT2D eigenvalue weighted by molar-refractivity contribution is 5.81. The number of ether oxygens (including phenoxy) is 2. The smallest absolute Gasteiger partial charge is 0.259 e. The van der Waals surface area contributed by atoms with E-state index in [-0.39, 0.29) is 24.5 Å². The number of nitrogens with one attached hydrogen (secondary N) is 2. The summed E-state index contributed by atoms with van der Waals surface area (Å²) in [6.07, 6.45) is 0.222. The predicted molar refractivity (Wildman–Crippen MR) is 94.4 cm³/mol. The molecule has 1 saturated heterocycles. The normalized spacial score (nSPS) is 18.3. The van der Waals surface area contributed by atoms with Crippen LogP contribution in [0.2, 0.25) is 0 Å². The van der Waals surface area contributed by atoms with Crippen LogP contribution in [0, 0.1) is 0 Å². The number of amides is 2. The topological polar surface area (TPSA) is 79.9 Å². The van der Waals surface area contributed by atoms with Gasteiger partial charge in [-0.3, -0.25) is 9.59 Å². The zero-order valence-electron chi connectivity index (χ0n) is 15.1. The Morgan fingerprint density at radius 3 is 2.80 bits per heavy atom. The van der Waals surface area contributed by atoms with Gasteiger partial charge < -0.3 is 25.0 Å². The van der Waals surface area contributed by atoms with E-state index in [2.05, 4.69) is 10.6 Å². The Hall–Kier alpha value is -2.12. The lowest BCUT2D eigenvalue weighted by Crippen LogP contribution is -2.48. The van der Waals surface area contributed by atoms with Crippen LogP contribution < -0.4 is 15.4 Å². The zero-order valence-corrected chi connectivity index (χ0v) is 15.1. The van der Waals surface area contributed by atoms with Gasteiger partial charge in [-0.15, -0.1) is 0 Å². The Morgan fingerprint density at radius 1 is 1.40 bits per heavy atom. The quantitative estimate of drug-likeness (QED) is 0.758. The van der Waals surface area contributed by atoms with Crippen LogP contribution in [0.15, 0.2) is 24.3 Å². The highest BCUT2D eigenvalue weighted by Gasteiger charge is 2.25. The zero-order chi connectivity index (χ0) is 18.2. The highest BCUT2D eigenvalue weighted by Crippen LogP contribution is 2.27. The number of carbonyl (C=O) groups excluding carboxylic acids is 2. The lowest BCUT2D eigenvalue weighted by Gasteiger charge is -2.26. The van der Waals surface area contributed by atoms with Crippen LogP contribution in [0.25, 0.3) is 0 Å². The molecule has 0 aromatic heterocycles. The van der Waals surface area contributed by atoms with E-state index >= 15 is 0 Å². The summed E-state index contributed by atoms with van der Waals surface area (Å²) in [5.74, 6) is 0.347. The van der Waals surface area contributed by atoms with Crippen LogP contribution in [0.5, 0.6) is 5.75 Å². The molecule has 2 rings (SSSR count). The standard InChI is InChI=1S/C18H27N3O4/c1-4-14(20-18(23)16-11-19-9-10-24-16)13-7-5-6-8-15(13)25-12-17(22)21(2)3/h5-8,14,16,19H,4,9-12H2,1-3H3,(H,20,23). The molecule has 2 unspecified atom stereocenters. The van der Waals surface area contributed by atoms with Crippen molar-refractivity contribution in [3.63, 3.8) is 0 Å². The van der Waals surface area contributed by atoms with Gasteiger partial charge in [-0.2, -0.15) is 0 Å². The minimum Gasteiger partial charge on any atom is -0.483 e. The number of rotatable bonds is 7. The van der Waals surface area contributed by atoms with E-state index in [9.17, 15) is 9.59 Å². The predicted octanol–water partition coefficient (Wildman–Crippen LogP) is 0.709. The molecule has 1 fully saturated rings. The third kappa shape index (κ3) is 5.44. The summed E-state index contributed by atoms with van der Waals surface area (Å²) in [5.41, 5.74) is 0.855. The SMILES string of the molecule is CCC(NC(=O)C1CNCCO1)c1ccccc1OCC(=O)N(C)C. The summed E-state index contributed by atoms with van der Waals surface area (Å²) in [6.45, 7) is 3.76. The van der Waals surface area contributed by atoms with Crippen LogP contribution in [-0.4, -0.2) is 63.2 Å². The summed E-state index contributed by atoms with van der Waals surface area (Å²) >= 11 is 0. The molecule has 1 aromatic rings. The summed E-state index contributed by atoms with van der Waals surface area (Å²) < 4.78 is 11.2. The molecule has 138 valence electrons. The second kappa shape index (κ2) is 9.39. The fourth-order valence-corrected chi connectivity index (χ4v) is 2.57. The molecule has 7 heteroatoms. The number of para-hydroxylation sites is 1. The number of likely N-dealkylation sites (N-methyl/N-ethyl adjacent to an activating group) is 1. The van der Waals surface area contributed by atoms with E-state index in [1.807, 2.05) is 31.2 Å². The van der Waals surface area contributed by atoms with Crippen molar-refractivity contribution in [2.45, 2.75) is 25.5 Å². The number of nitrogens with zero attached hydrogens (tertiary/aromatic N) is 1. The van der Waals surface area contributed by atoms with Gasteiger partial charge in [-0.1, -0.05) is 25.1 Å². The number of morpholine rings is 1. The van der Waals surface area contributed by atoms with Crippen molar-refractivity contribution < 1.29 is 19.1 Å². The molecule has 0 radical (unpaired) electrons. The van der Waals surface area contributed by atoms with Gasteiger partial charge in [0.25, 0.3) is 11.8 Å². The maximum atomic E-state index is 12.4. The van der Waals surface area contributed by atoms with Gasteiger partial charge in [0, 0.05) is 32.7 Å². The first-order valence-corrected chi connectivity index (χ1v) is 8.57. The first-order valence-electron chi connectivity index (χ1n) is 8.57. The largest absolute Gasteiger partial charge is 0.483 e. The minimum atomic E-state index is -0.480. The van der Waals surface area contributed by atoms with E-state index in [0.717, 1.165) is 12.1 Å². The Kier molecular flexibility index (Phi) is 7.21. The summed E-state index contributed by atoms with van der Waals surface area (Å²) in [7, 11) is 3.37. The maximum Gasteiger partial charge on any atom is 0.259 e. The molecule has 0 saturated carbocycles. The Morgan fingerprint density at radius 2 is 2.16 bits per heavy atom. The number of carbonyl (C=O) groups is 2. The second-order valence-corrected chi connectivity index (χ2v) is 6.15. The van der Waals surface area contributed by atoms with Crippen molar-refractivity contribution in [2.24, 2.45) is 0 Å². The molecule has 0 bridgehead atoms. The first kappa shape index (κ1) is 19.2. The average Bonchev–Trinajstić information content (AvgIpc) is 2.64. The summed E-state index contributed by atoms with van der Waals surface area (Å²) in [6, 6.07) is 7.25. The molecule has 1 aromatic carbocycles. The lowest BCUT2D eigenvalue weighted by atomic mass is 10.0. The second-order valence-electron chi connectivity index (χ2n) is 6.15. The molecule has 25 heavy (non-hydrogen) atoms. The fraction of sp³-hybridized carbons (Fsp3) is 0.556. The van der Waals surface area contributed by atoms with Crippen LogP contribution >= 0.6 is 0 Å². The third-order valence-corrected chi connectivity index (χ3v) is 4.09. The van der Waals surface area contributed by atoms with E-state index < -0.39 is 6.10 Å². The van der Waals surface area contributed by atoms with Crippen molar-refractivity contribution in [3.8, 4) is 5.75 Å². The van der Waals surface area contributed by atoms with Crippen molar-refractivity contribution in [1.29, 1.82) is 0 Å². The van der Waals surface area contributed by atoms with Crippen LogP contribution in [0.3, 0.4) is 0 Å². The van der Waals surface area contributed by atoms with E-state index in [4.69, 9.17) is 9.47 Å². The molecule has 2 N–H and O–H groups in total. The monoisotopic (exact) mass is 349 g/mol. The van der Waals surface area contributed by atoms with Gasteiger partial charge in [-0.25, -0.2) is 0 Å². The molecule has 1 aliphatic rings. The third-order valence-electron chi connectivity index (χ3n) is 4.09.